The van der Waals surface area contributed by atoms with Crippen molar-refractivity contribution in [3.63, 3.8) is 0 Å². The van der Waals surface area contributed by atoms with Crippen molar-refractivity contribution >= 4 is 15.9 Å². The van der Waals surface area contributed by atoms with E-state index < -0.39 is 12.8 Å². The molecule has 0 aromatic carbocycles. The molecular formula is C12H23BrF3NO. The molecule has 0 aliphatic rings. The maximum atomic E-state index is 11.9. The van der Waals surface area contributed by atoms with Gasteiger partial charge in [-0.2, -0.15) is 13.2 Å². The Morgan fingerprint density at radius 2 is 1.78 bits per heavy atom. The predicted molar refractivity (Wildman–Crippen MR) is 71.2 cm³/mol. The highest BCUT2D eigenvalue weighted by Crippen LogP contribution is 2.15. The van der Waals surface area contributed by atoms with Crippen LogP contribution in [0, 0.1) is 0 Å². The highest BCUT2D eigenvalue weighted by Gasteiger charge is 2.27. The fourth-order valence-corrected chi connectivity index (χ4v) is 2.40. The van der Waals surface area contributed by atoms with Gasteiger partial charge in [-0.05, 0) is 19.3 Å². The van der Waals surface area contributed by atoms with Crippen LogP contribution >= 0.6 is 15.9 Å². The first-order chi connectivity index (χ1) is 8.44. The summed E-state index contributed by atoms with van der Waals surface area (Å²) in [7, 11) is 0. The van der Waals surface area contributed by atoms with Crippen molar-refractivity contribution in [1.82, 2.24) is 4.90 Å². The normalized spacial score (nSPS) is 12.7. The van der Waals surface area contributed by atoms with Gasteiger partial charge in [-0.25, -0.2) is 0 Å². The Morgan fingerprint density at radius 3 is 2.22 bits per heavy atom. The van der Waals surface area contributed by atoms with Gasteiger partial charge in [-0.15, -0.1) is 0 Å². The molecule has 2 nitrogen and oxygen atoms in total. The van der Waals surface area contributed by atoms with Crippen LogP contribution in [0.2, 0.25) is 0 Å². The fourth-order valence-electron chi connectivity index (χ4n) is 1.95. The number of halogens is 4. The number of hydrogen-bond acceptors (Lipinski definition) is 2. The standard InChI is InChI=1S/C12H23BrF3NO/c1-3-11(4-2)17(8-6-13)7-5-9-18-10-12(14,15)16/h11H,3-10H2,1-2H3. The van der Waals surface area contributed by atoms with Gasteiger partial charge in [-0.1, -0.05) is 29.8 Å². The molecule has 0 aliphatic carbocycles. The molecule has 6 heteroatoms. The third-order valence-electron chi connectivity index (χ3n) is 2.83. The highest BCUT2D eigenvalue weighted by atomic mass is 79.9. The average Bonchev–Trinajstić information content (AvgIpc) is 2.28. The minimum Gasteiger partial charge on any atom is -0.372 e. The molecule has 0 aromatic heterocycles. The zero-order chi connectivity index (χ0) is 14.0. The van der Waals surface area contributed by atoms with Crippen LogP contribution in [0.15, 0.2) is 0 Å². The molecule has 0 fully saturated rings. The van der Waals surface area contributed by atoms with E-state index in [0.717, 1.165) is 31.3 Å². The van der Waals surface area contributed by atoms with E-state index in [2.05, 4.69) is 39.4 Å². The maximum Gasteiger partial charge on any atom is 0.411 e. The monoisotopic (exact) mass is 333 g/mol. The van der Waals surface area contributed by atoms with Crippen molar-refractivity contribution in [3.8, 4) is 0 Å². The Balaban J connectivity index is 3.83. The topological polar surface area (TPSA) is 12.5 Å². The summed E-state index contributed by atoms with van der Waals surface area (Å²) in [5.74, 6) is 0. The Labute approximate surface area is 116 Å². The first-order valence-corrected chi connectivity index (χ1v) is 7.51. The molecule has 0 rings (SSSR count). The molecule has 0 bridgehead atoms. The van der Waals surface area contributed by atoms with E-state index in [9.17, 15) is 13.2 Å². The summed E-state index contributed by atoms with van der Waals surface area (Å²) in [6, 6.07) is 0.505. The second-order valence-electron chi connectivity index (χ2n) is 4.22. The molecular weight excluding hydrogens is 311 g/mol. The van der Waals surface area contributed by atoms with Crippen LogP contribution in [0.5, 0.6) is 0 Å². The van der Waals surface area contributed by atoms with E-state index in [-0.39, 0.29) is 6.61 Å². The second-order valence-corrected chi connectivity index (χ2v) is 5.01. The molecule has 0 amide bonds. The van der Waals surface area contributed by atoms with Gasteiger partial charge in [0.15, 0.2) is 0 Å². The summed E-state index contributed by atoms with van der Waals surface area (Å²) in [6.45, 7) is 5.00. The molecule has 0 atom stereocenters. The summed E-state index contributed by atoms with van der Waals surface area (Å²) in [5, 5.41) is 0.882. The second kappa shape index (κ2) is 10.0. The Hall–Kier alpha value is 0.190. The third-order valence-corrected chi connectivity index (χ3v) is 3.18. The molecule has 0 saturated carbocycles. The van der Waals surface area contributed by atoms with Crippen LogP contribution in [0.25, 0.3) is 0 Å². The van der Waals surface area contributed by atoms with E-state index in [4.69, 9.17) is 0 Å². The number of nitrogens with zero attached hydrogens (tertiary/aromatic N) is 1. The lowest BCUT2D eigenvalue weighted by Crippen LogP contribution is -2.37. The number of alkyl halides is 4. The van der Waals surface area contributed by atoms with Crippen molar-refractivity contribution < 1.29 is 17.9 Å². The van der Waals surface area contributed by atoms with E-state index in [1.54, 1.807) is 0 Å². The molecule has 110 valence electrons. The largest absolute Gasteiger partial charge is 0.411 e. The Kier molecular flexibility index (Phi) is 10.1. The minimum atomic E-state index is -4.22. The molecule has 18 heavy (non-hydrogen) atoms. The van der Waals surface area contributed by atoms with Crippen molar-refractivity contribution in [2.45, 2.75) is 45.3 Å². The van der Waals surface area contributed by atoms with Gasteiger partial charge in [0, 0.05) is 31.1 Å². The minimum absolute atomic E-state index is 0.165. The average molecular weight is 334 g/mol. The van der Waals surface area contributed by atoms with E-state index >= 15 is 0 Å². The first kappa shape index (κ1) is 18.2. The van der Waals surface area contributed by atoms with Crippen LogP contribution < -0.4 is 0 Å². The molecule has 0 radical (unpaired) electrons. The Bertz CT molecular complexity index is 198. The zero-order valence-electron chi connectivity index (χ0n) is 11.1. The number of ether oxygens (including phenoxy) is 1. The van der Waals surface area contributed by atoms with E-state index in [1.807, 2.05) is 0 Å². The summed E-state index contributed by atoms with van der Waals surface area (Å²) in [4.78, 5) is 2.31. The molecule has 0 aromatic rings. The molecule has 0 saturated heterocycles. The summed E-state index contributed by atoms with van der Waals surface area (Å²) >= 11 is 3.40. The van der Waals surface area contributed by atoms with Crippen LogP contribution in [0.1, 0.15) is 33.1 Å². The summed E-state index contributed by atoms with van der Waals surface area (Å²) in [5.41, 5.74) is 0. The summed E-state index contributed by atoms with van der Waals surface area (Å²) < 4.78 is 40.2. The number of hydrogen-bond donors (Lipinski definition) is 0. The van der Waals surface area contributed by atoms with Crippen molar-refractivity contribution in [3.05, 3.63) is 0 Å². The SMILES string of the molecule is CCC(CC)N(CCBr)CCCOCC(F)(F)F. The van der Waals surface area contributed by atoms with E-state index in [1.165, 1.54) is 0 Å². The molecule has 0 N–H and O–H groups in total. The molecule has 0 spiro atoms. The van der Waals surface area contributed by atoms with Crippen molar-refractivity contribution in [2.24, 2.45) is 0 Å². The quantitative estimate of drug-likeness (QED) is 0.445. The highest BCUT2D eigenvalue weighted by molar-refractivity contribution is 9.09. The zero-order valence-corrected chi connectivity index (χ0v) is 12.7. The molecule has 0 heterocycles. The van der Waals surface area contributed by atoms with Gasteiger partial charge in [0.25, 0.3) is 0 Å². The smallest absolute Gasteiger partial charge is 0.372 e. The van der Waals surface area contributed by atoms with Gasteiger partial charge in [0.05, 0.1) is 0 Å². The van der Waals surface area contributed by atoms with Crippen LogP contribution in [-0.2, 0) is 4.74 Å². The Morgan fingerprint density at radius 1 is 1.17 bits per heavy atom. The first-order valence-electron chi connectivity index (χ1n) is 6.39. The van der Waals surface area contributed by atoms with Crippen molar-refractivity contribution in [1.29, 1.82) is 0 Å². The van der Waals surface area contributed by atoms with Gasteiger partial charge in [0.1, 0.15) is 6.61 Å². The predicted octanol–water partition coefficient (Wildman–Crippen LogP) is 3.84. The van der Waals surface area contributed by atoms with Gasteiger partial charge in [-0.3, -0.25) is 4.90 Å². The number of rotatable bonds is 10. The van der Waals surface area contributed by atoms with Crippen LogP contribution in [0.4, 0.5) is 13.2 Å². The van der Waals surface area contributed by atoms with E-state index in [0.29, 0.717) is 12.5 Å². The van der Waals surface area contributed by atoms with Gasteiger partial charge in [0.2, 0.25) is 0 Å². The lowest BCUT2D eigenvalue weighted by molar-refractivity contribution is -0.174. The molecule has 0 aliphatic heterocycles. The summed E-state index contributed by atoms with van der Waals surface area (Å²) in [6.07, 6.45) is -1.45. The molecule has 0 unspecified atom stereocenters. The van der Waals surface area contributed by atoms with Gasteiger partial charge >= 0.3 is 6.18 Å². The maximum absolute atomic E-state index is 11.9. The van der Waals surface area contributed by atoms with Gasteiger partial charge < -0.3 is 4.74 Å². The third kappa shape index (κ3) is 9.16. The fraction of sp³-hybridized carbons (Fsp3) is 1.00. The van der Waals surface area contributed by atoms with Crippen LogP contribution in [0.3, 0.4) is 0 Å². The van der Waals surface area contributed by atoms with Crippen molar-refractivity contribution in [2.75, 3.05) is 31.6 Å². The lowest BCUT2D eigenvalue weighted by Gasteiger charge is -2.29. The van der Waals surface area contributed by atoms with Crippen LogP contribution in [-0.4, -0.2) is 48.8 Å². The lowest BCUT2D eigenvalue weighted by atomic mass is 10.1.